The highest BCUT2D eigenvalue weighted by Crippen LogP contribution is 2.31. The zero-order valence-corrected chi connectivity index (χ0v) is 15.3. The fourth-order valence-corrected chi connectivity index (χ4v) is 3.09. The van der Waals surface area contributed by atoms with Crippen molar-refractivity contribution in [2.24, 2.45) is 5.73 Å². The van der Waals surface area contributed by atoms with Crippen molar-refractivity contribution in [3.05, 3.63) is 34.3 Å². The molecule has 0 radical (unpaired) electrons. The van der Waals surface area contributed by atoms with Crippen LogP contribution in [0.1, 0.15) is 31.7 Å². The van der Waals surface area contributed by atoms with Crippen molar-refractivity contribution in [2.75, 3.05) is 6.54 Å². The van der Waals surface area contributed by atoms with Gasteiger partial charge in [-0.25, -0.2) is 0 Å². The number of halogens is 2. The molecule has 1 heterocycles. The van der Waals surface area contributed by atoms with Gasteiger partial charge in [-0.2, -0.15) is 0 Å². The Morgan fingerprint density at radius 3 is 2.52 bits per heavy atom. The van der Waals surface area contributed by atoms with Crippen LogP contribution in [0.4, 0.5) is 0 Å². The van der Waals surface area contributed by atoms with E-state index < -0.39 is 5.54 Å². The first-order valence-corrected chi connectivity index (χ1v) is 8.32. The van der Waals surface area contributed by atoms with E-state index in [2.05, 4.69) is 21.2 Å². The first-order chi connectivity index (χ1) is 10.4. The fraction of sp³-hybridized carbons (Fsp3) is 0.500. The minimum atomic E-state index is -1.11. The van der Waals surface area contributed by atoms with Gasteiger partial charge in [-0.3, -0.25) is 9.59 Å². The maximum atomic E-state index is 12.5. The van der Waals surface area contributed by atoms with Crippen molar-refractivity contribution < 1.29 is 9.59 Å². The Morgan fingerprint density at radius 2 is 1.96 bits per heavy atom. The van der Waals surface area contributed by atoms with E-state index in [1.165, 1.54) is 0 Å². The Bertz CT molecular complexity index is 602. The van der Waals surface area contributed by atoms with E-state index in [-0.39, 0.29) is 30.3 Å². The second-order valence-electron chi connectivity index (χ2n) is 6.36. The maximum absolute atomic E-state index is 12.5. The average molecular weight is 403 g/mol. The van der Waals surface area contributed by atoms with Crippen molar-refractivity contribution in [3.63, 3.8) is 0 Å². The zero-order chi connectivity index (χ0) is 15.9. The molecule has 0 bridgehead atoms. The van der Waals surface area contributed by atoms with Gasteiger partial charge in [0.1, 0.15) is 5.54 Å². The molecule has 0 spiro atoms. The van der Waals surface area contributed by atoms with E-state index in [0.29, 0.717) is 19.0 Å². The molecular weight excluding hydrogens is 382 g/mol. The maximum Gasteiger partial charge on any atom is 0.244 e. The third-order valence-electron chi connectivity index (χ3n) is 4.40. The minimum absolute atomic E-state index is 0. The van der Waals surface area contributed by atoms with Crippen molar-refractivity contribution in [1.29, 1.82) is 0 Å². The second kappa shape index (κ2) is 6.79. The Balaban J connectivity index is 0.00000192. The smallest absolute Gasteiger partial charge is 0.244 e. The van der Waals surface area contributed by atoms with Gasteiger partial charge in [0.05, 0.1) is 6.04 Å². The van der Waals surface area contributed by atoms with Crippen molar-refractivity contribution >= 4 is 40.2 Å². The van der Waals surface area contributed by atoms with Gasteiger partial charge in [-0.1, -0.05) is 28.1 Å². The van der Waals surface area contributed by atoms with Crippen molar-refractivity contribution in [1.82, 2.24) is 10.2 Å². The molecule has 1 aromatic rings. The summed E-state index contributed by atoms with van der Waals surface area (Å²) in [5.74, 6) is -0.111. The molecule has 1 aliphatic heterocycles. The molecule has 1 aliphatic carbocycles. The van der Waals surface area contributed by atoms with Gasteiger partial charge in [-0.05, 0) is 37.5 Å². The van der Waals surface area contributed by atoms with Crippen LogP contribution < -0.4 is 11.1 Å². The predicted molar refractivity (Wildman–Crippen MR) is 94.2 cm³/mol. The first kappa shape index (κ1) is 18.2. The molecule has 0 aromatic heterocycles. The molecular formula is C16H21BrClN3O2. The van der Waals surface area contributed by atoms with E-state index in [1.807, 2.05) is 29.2 Å². The highest BCUT2D eigenvalue weighted by molar-refractivity contribution is 9.10. The van der Waals surface area contributed by atoms with Crippen LogP contribution in [0.2, 0.25) is 0 Å². The molecule has 7 heteroatoms. The lowest BCUT2D eigenvalue weighted by Crippen LogP contribution is -2.52. The number of benzene rings is 1. The van der Waals surface area contributed by atoms with Gasteiger partial charge in [0.2, 0.25) is 11.8 Å². The van der Waals surface area contributed by atoms with Crippen LogP contribution >= 0.6 is 28.3 Å². The summed E-state index contributed by atoms with van der Waals surface area (Å²) in [6.07, 6.45) is 2.54. The normalized spacial score (nSPS) is 23.2. The van der Waals surface area contributed by atoms with E-state index in [0.717, 1.165) is 22.9 Å². The van der Waals surface area contributed by atoms with Gasteiger partial charge in [0.25, 0.3) is 0 Å². The Labute approximate surface area is 150 Å². The van der Waals surface area contributed by atoms with Crippen LogP contribution in [0.15, 0.2) is 28.7 Å². The van der Waals surface area contributed by atoms with E-state index in [4.69, 9.17) is 5.73 Å². The Hall–Kier alpha value is -1.11. The van der Waals surface area contributed by atoms with Crippen LogP contribution in [0.3, 0.4) is 0 Å². The zero-order valence-electron chi connectivity index (χ0n) is 12.9. The summed E-state index contributed by atoms with van der Waals surface area (Å²) >= 11 is 3.37. The number of rotatable bonds is 4. The van der Waals surface area contributed by atoms with Crippen LogP contribution in [0, 0.1) is 0 Å². The monoisotopic (exact) mass is 401 g/mol. The number of carbonyl (C=O) groups excluding carboxylic acids is 2. The molecule has 1 saturated heterocycles. The average Bonchev–Trinajstić information content (AvgIpc) is 3.24. The lowest BCUT2D eigenvalue weighted by molar-refractivity contribution is -0.128. The number of nitrogens with two attached hydrogens (primary N) is 1. The van der Waals surface area contributed by atoms with Crippen LogP contribution in [0.5, 0.6) is 0 Å². The summed E-state index contributed by atoms with van der Waals surface area (Å²) in [7, 11) is 0. The van der Waals surface area contributed by atoms with Crippen molar-refractivity contribution in [2.45, 2.75) is 43.8 Å². The molecule has 2 atom stereocenters. The van der Waals surface area contributed by atoms with Crippen LogP contribution in [0.25, 0.3) is 0 Å². The summed E-state index contributed by atoms with van der Waals surface area (Å²) in [6, 6.07) is 7.65. The highest BCUT2D eigenvalue weighted by atomic mass is 79.9. The summed E-state index contributed by atoms with van der Waals surface area (Å²) in [6.45, 7) is 2.30. The second-order valence-corrected chi connectivity index (χ2v) is 7.28. The molecule has 3 N–H and O–H groups in total. The number of amides is 2. The van der Waals surface area contributed by atoms with Crippen LogP contribution in [-0.2, 0) is 15.1 Å². The SMILES string of the molecule is CC(N)(C(=O)NC1CC(=O)N(C2CC2)C1)c1ccc(Br)cc1.Cl. The van der Waals surface area contributed by atoms with Gasteiger partial charge >= 0.3 is 0 Å². The Morgan fingerprint density at radius 1 is 1.35 bits per heavy atom. The highest BCUT2D eigenvalue weighted by Gasteiger charge is 2.41. The quantitative estimate of drug-likeness (QED) is 0.808. The molecule has 2 aliphatic rings. The van der Waals surface area contributed by atoms with Crippen molar-refractivity contribution in [3.8, 4) is 0 Å². The predicted octanol–water partition coefficient (Wildman–Crippen LogP) is 1.92. The van der Waals surface area contributed by atoms with Crippen LogP contribution in [-0.4, -0.2) is 35.3 Å². The molecule has 2 fully saturated rings. The number of likely N-dealkylation sites (tertiary alicyclic amines) is 1. The van der Waals surface area contributed by atoms with Gasteiger partial charge < -0.3 is 16.0 Å². The standard InChI is InChI=1S/C16H20BrN3O2.ClH/c1-16(18,10-2-4-11(17)5-3-10)15(22)19-12-8-14(21)20(9-12)13-6-7-13;/h2-5,12-13H,6-9,18H2,1H3,(H,19,22);1H. The first-order valence-electron chi connectivity index (χ1n) is 7.53. The van der Waals surface area contributed by atoms with E-state index >= 15 is 0 Å². The summed E-state index contributed by atoms with van der Waals surface area (Å²) in [4.78, 5) is 26.4. The molecule has 3 rings (SSSR count). The number of hydrogen-bond donors (Lipinski definition) is 2. The molecule has 1 aromatic carbocycles. The lowest BCUT2D eigenvalue weighted by atomic mass is 9.92. The third-order valence-corrected chi connectivity index (χ3v) is 4.93. The topological polar surface area (TPSA) is 75.4 Å². The van der Waals surface area contributed by atoms with E-state index in [9.17, 15) is 9.59 Å². The molecule has 126 valence electrons. The molecule has 2 unspecified atom stereocenters. The number of nitrogens with zero attached hydrogens (tertiary/aromatic N) is 1. The molecule has 2 amide bonds. The van der Waals surface area contributed by atoms with Gasteiger partial charge in [0.15, 0.2) is 0 Å². The summed E-state index contributed by atoms with van der Waals surface area (Å²) in [5, 5.41) is 2.94. The largest absolute Gasteiger partial charge is 0.349 e. The third kappa shape index (κ3) is 3.87. The number of nitrogens with one attached hydrogen (secondary N) is 1. The van der Waals surface area contributed by atoms with Gasteiger partial charge in [-0.15, -0.1) is 12.4 Å². The van der Waals surface area contributed by atoms with E-state index in [1.54, 1.807) is 6.92 Å². The summed E-state index contributed by atoms with van der Waals surface area (Å²) in [5.41, 5.74) is 5.86. The Kier molecular flexibility index (Phi) is 5.38. The number of hydrogen-bond acceptors (Lipinski definition) is 3. The molecule has 1 saturated carbocycles. The summed E-state index contributed by atoms with van der Waals surface area (Å²) < 4.78 is 0.939. The molecule has 5 nitrogen and oxygen atoms in total. The molecule has 23 heavy (non-hydrogen) atoms. The van der Waals surface area contributed by atoms with Gasteiger partial charge in [0, 0.05) is 23.5 Å². The number of carbonyl (C=O) groups is 2. The minimum Gasteiger partial charge on any atom is -0.349 e. The lowest BCUT2D eigenvalue weighted by Gasteiger charge is -2.26. The fourth-order valence-electron chi connectivity index (χ4n) is 2.83.